The van der Waals surface area contributed by atoms with Crippen LogP contribution in [0.4, 0.5) is 0 Å². The second kappa shape index (κ2) is 17.0. The molecule has 0 radical (unpaired) electrons. The van der Waals surface area contributed by atoms with E-state index in [0.29, 0.717) is 0 Å². The van der Waals surface area contributed by atoms with Crippen LogP contribution in [0.15, 0.2) is 12.2 Å². The molecule has 2 heteroatoms. The van der Waals surface area contributed by atoms with Crippen LogP contribution in [0.3, 0.4) is 0 Å². The Labute approximate surface area is 61.3 Å². The van der Waals surface area contributed by atoms with Crippen LogP contribution in [0.2, 0.25) is 0 Å². The molecule has 0 aliphatic carbocycles. The van der Waals surface area contributed by atoms with Gasteiger partial charge < -0.3 is 0 Å². The summed E-state index contributed by atoms with van der Waals surface area (Å²) in [5.41, 5.74) is 0. The van der Waals surface area contributed by atoms with E-state index in [1.807, 2.05) is 26.0 Å². The molecule has 0 atom stereocenters. The van der Waals surface area contributed by atoms with Crippen molar-refractivity contribution in [1.82, 2.24) is 0 Å². The molecule has 6 heavy (non-hydrogen) atoms. The maximum absolute atomic E-state index is 2.00. The molecule has 0 aromatic carbocycles. The van der Waals surface area contributed by atoms with Gasteiger partial charge in [0.15, 0.2) is 0 Å². The van der Waals surface area contributed by atoms with E-state index in [0.717, 1.165) is 0 Å². The zero-order valence-corrected chi connectivity index (χ0v) is 3.15. The van der Waals surface area contributed by atoms with Gasteiger partial charge in [0.2, 0.25) is 0 Å². The van der Waals surface area contributed by atoms with Crippen molar-refractivity contribution >= 4 is 35.2 Å². The third-order valence-corrected chi connectivity index (χ3v) is 0.333. The average molecular weight is 209 g/mol. The Kier molecular flexibility index (Phi) is 44.8. The van der Waals surface area contributed by atoms with E-state index < -0.39 is 0 Å². The Morgan fingerprint density at radius 3 is 1.00 bits per heavy atom. The van der Waals surface area contributed by atoms with Crippen LogP contribution in [0.25, 0.3) is 0 Å². The van der Waals surface area contributed by atoms with Gasteiger partial charge in [0, 0.05) is 0 Å². The van der Waals surface area contributed by atoms with E-state index in [2.05, 4.69) is 0 Å². The SMILES string of the molecule is CC=CC.[GeH4].[GeH4]. The van der Waals surface area contributed by atoms with Gasteiger partial charge in [0.05, 0.1) is 0 Å². The first-order chi connectivity index (χ1) is 1.91. The summed E-state index contributed by atoms with van der Waals surface area (Å²) in [6.45, 7) is 4.00. The van der Waals surface area contributed by atoms with Crippen molar-refractivity contribution < 1.29 is 0 Å². The normalized spacial score (nSPS) is 6.33. The Morgan fingerprint density at radius 1 is 0.833 bits per heavy atom. The fourth-order valence-corrected chi connectivity index (χ4v) is 0. The summed E-state index contributed by atoms with van der Waals surface area (Å²) in [7, 11) is 0. The zero-order valence-electron chi connectivity index (χ0n) is 3.15. The van der Waals surface area contributed by atoms with E-state index in [9.17, 15) is 0 Å². The fourth-order valence-electron chi connectivity index (χ4n) is 0. The molecule has 0 amide bonds. The minimum atomic E-state index is 0. The van der Waals surface area contributed by atoms with Crippen molar-refractivity contribution in [3.63, 3.8) is 0 Å². The summed E-state index contributed by atoms with van der Waals surface area (Å²) in [5.74, 6) is 0. The van der Waals surface area contributed by atoms with Crippen molar-refractivity contribution in [2.75, 3.05) is 0 Å². The van der Waals surface area contributed by atoms with Crippen molar-refractivity contribution in [3.05, 3.63) is 12.2 Å². The number of rotatable bonds is 0. The van der Waals surface area contributed by atoms with E-state index in [4.69, 9.17) is 0 Å². The van der Waals surface area contributed by atoms with Crippen molar-refractivity contribution in [1.29, 1.82) is 0 Å². The first kappa shape index (κ1) is 15.8. The van der Waals surface area contributed by atoms with Crippen LogP contribution in [0.1, 0.15) is 13.8 Å². The Balaban J connectivity index is -0.0000000450. The molecule has 0 bridgehead atoms. The maximum atomic E-state index is 2.00. The van der Waals surface area contributed by atoms with Crippen LogP contribution in [-0.4, -0.2) is 35.2 Å². The molecule has 0 N–H and O–H groups in total. The first-order valence-corrected chi connectivity index (χ1v) is 1.49. The van der Waals surface area contributed by atoms with Crippen LogP contribution in [0.5, 0.6) is 0 Å². The van der Waals surface area contributed by atoms with Gasteiger partial charge in [0.25, 0.3) is 0 Å². The average Bonchev–Trinajstić information content (AvgIpc) is 1.37. The predicted octanol–water partition coefficient (Wildman–Crippen LogP) is -1.32. The van der Waals surface area contributed by atoms with Gasteiger partial charge in [-0.05, 0) is 13.8 Å². The van der Waals surface area contributed by atoms with Gasteiger partial charge in [-0.2, -0.15) is 0 Å². The summed E-state index contributed by atoms with van der Waals surface area (Å²) in [5, 5.41) is 0. The molecule has 0 heterocycles. The van der Waals surface area contributed by atoms with Gasteiger partial charge in [-0.15, -0.1) is 0 Å². The summed E-state index contributed by atoms with van der Waals surface area (Å²) in [6, 6.07) is 0. The molecule has 0 spiro atoms. The van der Waals surface area contributed by atoms with Crippen LogP contribution in [0, 0.1) is 0 Å². The van der Waals surface area contributed by atoms with Gasteiger partial charge in [-0.25, -0.2) is 0 Å². The number of hydrogen-bond donors (Lipinski definition) is 0. The standard InChI is InChI=1S/C4H8.2GeH4/c1-3-4-2;;/h3-4H,1-2H3;2*1H4. The molecule has 0 aromatic rings. The third-order valence-electron chi connectivity index (χ3n) is 0.333. The van der Waals surface area contributed by atoms with Crippen molar-refractivity contribution in [2.45, 2.75) is 13.8 Å². The third kappa shape index (κ3) is 21.2. The van der Waals surface area contributed by atoms with Gasteiger partial charge >= 0.3 is 35.2 Å². The van der Waals surface area contributed by atoms with E-state index in [1.165, 1.54) is 0 Å². The molecular weight excluding hydrogens is 193 g/mol. The molecule has 0 aliphatic rings. The van der Waals surface area contributed by atoms with E-state index >= 15 is 0 Å². The van der Waals surface area contributed by atoms with Crippen LogP contribution in [-0.2, 0) is 0 Å². The van der Waals surface area contributed by atoms with Gasteiger partial charge in [-0.3, -0.25) is 0 Å². The van der Waals surface area contributed by atoms with Crippen LogP contribution >= 0.6 is 0 Å². The van der Waals surface area contributed by atoms with Gasteiger partial charge in [0.1, 0.15) is 0 Å². The summed E-state index contributed by atoms with van der Waals surface area (Å²) in [4.78, 5) is 0. The molecule has 0 saturated carbocycles. The van der Waals surface area contributed by atoms with Crippen LogP contribution < -0.4 is 0 Å². The van der Waals surface area contributed by atoms with Crippen molar-refractivity contribution in [3.8, 4) is 0 Å². The summed E-state index contributed by atoms with van der Waals surface area (Å²) < 4.78 is 0. The Morgan fingerprint density at radius 2 is 1.00 bits per heavy atom. The second-order valence-electron chi connectivity index (χ2n) is 0.667. The molecule has 0 aliphatic heterocycles. The van der Waals surface area contributed by atoms with E-state index in [1.54, 1.807) is 0 Å². The molecule has 0 aromatic heterocycles. The first-order valence-electron chi connectivity index (χ1n) is 1.49. The molecule has 0 rings (SSSR count). The molecule has 0 unspecified atom stereocenters. The van der Waals surface area contributed by atoms with Gasteiger partial charge in [-0.1, -0.05) is 12.2 Å². The molecule has 40 valence electrons. The Bertz CT molecular complexity index is 20.7. The molecular formula is C4H16Ge2. The fraction of sp³-hybridized carbons (Fsp3) is 0.500. The second-order valence-corrected chi connectivity index (χ2v) is 0.667. The minimum absolute atomic E-state index is 0. The number of allylic oxidation sites excluding steroid dienone is 2. The molecule has 0 saturated heterocycles. The zero-order chi connectivity index (χ0) is 3.41. The Hall–Kier alpha value is 0.826. The quantitative estimate of drug-likeness (QED) is 0.343. The topological polar surface area (TPSA) is 0 Å². The van der Waals surface area contributed by atoms with Crippen molar-refractivity contribution in [2.24, 2.45) is 0 Å². The summed E-state index contributed by atoms with van der Waals surface area (Å²) in [6.07, 6.45) is 4.00. The number of hydrogen-bond acceptors (Lipinski definition) is 0. The summed E-state index contributed by atoms with van der Waals surface area (Å²) >= 11 is 0. The van der Waals surface area contributed by atoms with E-state index in [-0.39, 0.29) is 35.2 Å². The monoisotopic (exact) mass is 212 g/mol. The molecule has 0 nitrogen and oxygen atoms in total. The molecule has 0 fully saturated rings. The predicted molar refractivity (Wildman–Crippen MR) is 43.2 cm³/mol.